The summed E-state index contributed by atoms with van der Waals surface area (Å²) in [5.74, 6) is 2.54. The van der Waals surface area contributed by atoms with Crippen LogP contribution in [0.5, 0.6) is 0 Å². The Morgan fingerprint density at radius 2 is 1.90 bits per heavy atom. The van der Waals surface area contributed by atoms with Crippen LogP contribution in [0.4, 0.5) is 0 Å². The van der Waals surface area contributed by atoms with Crippen LogP contribution in [0.15, 0.2) is 40.3 Å². The van der Waals surface area contributed by atoms with E-state index in [0.717, 1.165) is 29.9 Å². The molecule has 4 N–H and O–H groups in total. The lowest BCUT2D eigenvalue weighted by molar-refractivity contribution is -0.179. The van der Waals surface area contributed by atoms with Crippen LogP contribution in [0.1, 0.15) is 18.4 Å². The lowest BCUT2D eigenvalue weighted by Gasteiger charge is -2.43. The summed E-state index contributed by atoms with van der Waals surface area (Å²) >= 11 is 1.91. The van der Waals surface area contributed by atoms with Crippen molar-refractivity contribution < 1.29 is 4.84 Å². The first-order chi connectivity index (χ1) is 10.2. The van der Waals surface area contributed by atoms with Gasteiger partial charge >= 0.3 is 0 Å². The number of hydrogen-bond donors (Lipinski definition) is 2. The largest absolute Gasteiger partial charge is 0.368 e. The topological polar surface area (TPSA) is 89.2 Å². The lowest BCUT2D eigenvalue weighted by atomic mass is 10.0. The normalized spacial score (nSPS) is 21.0. The van der Waals surface area contributed by atoms with Gasteiger partial charge in [-0.15, -0.1) is 0 Å². The molecule has 1 spiro atoms. The van der Waals surface area contributed by atoms with Crippen LogP contribution in [-0.2, 0) is 11.4 Å². The number of nitrogens with two attached hydrogens (primary N) is 2. The van der Waals surface area contributed by atoms with Crippen molar-refractivity contribution in [2.24, 2.45) is 21.5 Å². The van der Waals surface area contributed by atoms with Crippen LogP contribution in [0.2, 0.25) is 0 Å². The van der Waals surface area contributed by atoms with E-state index in [9.17, 15) is 0 Å². The fourth-order valence-corrected chi connectivity index (χ4v) is 3.72. The number of nitrogens with zero attached hydrogens (tertiary/aromatic N) is 3. The molecule has 0 unspecified atom stereocenters. The summed E-state index contributed by atoms with van der Waals surface area (Å²) in [6, 6.07) is 9.96. The van der Waals surface area contributed by atoms with Gasteiger partial charge in [0.2, 0.25) is 11.9 Å². The van der Waals surface area contributed by atoms with Crippen molar-refractivity contribution in [1.29, 1.82) is 0 Å². The summed E-state index contributed by atoms with van der Waals surface area (Å²) in [5, 5.41) is 1.65. The third-order valence-corrected chi connectivity index (χ3v) is 4.62. The van der Waals surface area contributed by atoms with Crippen molar-refractivity contribution in [1.82, 2.24) is 5.06 Å². The number of hydroxylamine groups is 2. The Balaban J connectivity index is 1.79. The SMILES string of the molecule is NC1=NC2(CCSCC2)N(OCc2ccccc2)C(N)=N1. The number of benzene rings is 1. The molecule has 0 atom stereocenters. The van der Waals surface area contributed by atoms with Gasteiger partial charge in [0.15, 0.2) is 5.66 Å². The van der Waals surface area contributed by atoms with Gasteiger partial charge in [0.05, 0.1) is 0 Å². The Kier molecular flexibility index (Phi) is 4.03. The molecule has 7 heteroatoms. The molecule has 1 aromatic rings. The van der Waals surface area contributed by atoms with Gasteiger partial charge in [0.1, 0.15) is 6.61 Å². The van der Waals surface area contributed by atoms with Crippen LogP contribution in [0, 0.1) is 0 Å². The Hall–Kier alpha value is -1.73. The second kappa shape index (κ2) is 5.95. The zero-order valence-corrected chi connectivity index (χ0v) is 12.6. The van der Waals surface area contributed by atoms with Crippen LogP contribution in [0.3, 0.4) is 0 Å². The third-order valence-electron chi connectivity index (χ3n) is 3.63. The van der Waals surface area contributed by atoms with E-state index in [1.165, 1.54) is 0 Å². The zero-order valence-electron chi connectivity index (χ0n) is 11.7. The van der Waals surface area contributed by atoms with Gasteiger partial charge in [-0.05, 0) is 17.1 Å². The second-order valence-corrected chi connectivity index (χ2v) is 6.31. The molecule has 0 bridgehead atoms. The summed E-state index contributed by atoms with van der Waals surface area (Å²) in [6.07, 6.45) is 1.70. The molecule has 112 valence electrons. The van der Waals surface area contributed by atoms with Gasteiger partial charge in [-0.3, -0.25) is 4.84 Å². The Morgan fingerprint density at radius 3 is 2.62 bits per heavy atom. The molecule has 2 heterocycles. The maximum absolute atomic E-state index is 6.02. The number of rotatable bonds is 3. The van der Waals surface area contributed by atoms with Crippen molar-refractivity contribution >= 4 is 23.7 Å². The molecule has 0 saturated carbocycles. The molecule has 0 aliphatic carbocycles. The monoisotopic (exact) mass is 305 g/mol. The smallest absolute Gasteiger partial charge is 0.226 e. The van der Waals surface area contributed by atoms with Crippen LogP contribution < -0.4 is 11.5 Å². The zero-order chi connectivity index (χ0) is 14.7. The highest BCUT2D eigenvalue weighted by molar-refractivity contribution is 7.99. The third kappa shape index (κ3) is 2.98. The summed E-state index contributed by atoms with van der Waals surface area (Å²) in [5.41, 5.74) is 12.4. The van der Waals surface area contributed by atoms with Crippen LogP contribution >= 0.6 is 11.8 Å². The Bertz CT molecular complexity index is 554. The maximum atomic E-state index is 6.02. The molecular formula is C14H19N5OS. The number of guanidine groups is 2. The van der Waals surface area contributed by atoms with E-state index in [0.29, 0.717) is 6.61 Å². The van der Waals surface area contributed by atoms with Crippen LogP contribution in [0.25, 0.3) is 0 Å². The molecule has 1 saturated heterocycles. The minimum atomic E-state index is -0.504. The predicted octanol–water partition coefficient (Wildman–Crippen LogP) is 1.29. The van der Waals surface area contributed by atoms with Gasteiger partial charge < -0.3 is 11.5 Å². The van der Waals surface area contributed by atoms with Crippen molar-refractivity contribution in [3.05, 3.63) is 35.9 Å². The van der Waals surface area contributed by atoms with Crippen molar-refractivity contribution in [2.75, 3.05) is 11.5 Å². The van der Waals surface area contributed by atoms with Gasteiger partial charge in [0, 0.05) is 12.8 Å². The molecule has 2 aliphatic heterocycles. The molecule has 21 heavy (non-hydrogen) atoms. The standard InChI is InChI=1S/C14H19N5OS/c15-12-17-13(16)19(14(18-12)6-8-21-9-7-14)20-10-11-4-2-1-3-5-11/h1-5H,6-10H2,(H4,15,16,17,18). The first kappa shape index (κ1) is 14.2. The van der Waals surface area contributed by atoms with Crippen molar-refractivity contribution in [3.63, 3.8) is 0 Å². The first-order valence-electron chi connectivity index (χ1n) is 6.94. The summed E-state index contributed by atoms with van der Waals surface area (Å²) in [4.78, 5) is 14.5. The summed E-state index contributed by atoms with van der Waals surface area (Å²) in [7, 11) is 0. The quantitative estimate of drug-likeness (QED) is 0.878. The first-order valence-corrected chi connectivity index (χ1v) is 8.09. The van der Waals surface area contributed by atoms with Gasteiger partial charge in [-0.1, -0.05) is 30.3 Å². The Labute approximate surface area is 128 Å². The fourth-order valence-electron chi connectivity index (χ4n) is 2.57. The second-order valence-electron chi connectivity index (χ2n) is 5.09. The van der Waals surface area contributed by atoms with E-state index in [4.69, 9.17) is 16.3 Å². The fraction of sp³-hybridized carbons (Fsp3) is 0.429. The molecule has 3 rings (SSSR count). The molecule has 1 fully saturated rings. The van der Waals surface area contributed by atoms with E-state index >= 15 is 0 Å². The molecule has 0 aromatic heterocycles. The number of hydrogen-bond acceptors (Lipinski definition) is 7. The van der Waals surface area contributed by atoms with Gasteiger partial charge in [0.25, 0.3) is 0 Å². The Morgan fingerprint density at radius 1 is 1.19 bits per heavy atom. The minimum Gasteiger partial charge on any atom is -0.368 e. The van der Waals surface area contributed by atoms with E-state index in [2.05, 4.69) is 9.98 Å². The van der Waals surface area contributed by atoms with E-state index in [-0.39, 0.29) is 11.9 Å². The lowest BCUT2D eigenvalue weighted by Crippen LogP contribution is -2.58. The molecule has 0 amide bonds. The molecule has 1 aromatic carbocycles. The molecule has 0 radical (unpaired) electrons. The highest BCUT2D eigenvalue weighted by Crippen LogP contribution is 2.35. The number of aliphatic imine (C=N–C) groups is 2. The number of thioether (sulfide) groups is 1. The average molecular weight is 305 g/mol. The van der Waals surface area contributed by atoms with Crippen molar-refractivity contribution in [3.8, 4) is 0 Å². The van der Waals surface area contributed by atoms with E-state index in [1.807, 2.05) is 42.1 Å². The highest BCUT2D eigenvalue weighted by atomic mass is 32.2. The average Bonchev–Trinajstić information content (AvgIpc) is 2.48. The summed E-state index contributed by atoms with van der Waals surface area (Å²) in [6.45, 7) is 0.432. The molecule has 6 nitrogen and oxygen atoms in total. The highest BCUT2D eigenvalue weighted by Gasteiger charge is 2.43. The maximum Gasteiger partial charge on any atom is 0.226 e. The minimum absolute atomic E-state index is 0.235. The van der Waals surface area contributed by atoms with Gasteiger partial charge in [-0.25, -0.2) is 4.99 Å². The molecule has 2 aliphatic rings. The molecular weight excluding hydrogens is 286 g/mol. The van der Waals surface area contributed by atoms with E-state index in [1.54, 1.807) is 5.06 Å². The predicted molar refractivity (Wildman–Crippen MR) is 85.6 cm³/mol. The van der Waals surface area contributed by atoms with Crippen molar-refractivity contribution in [2.45, 2.75) is 25.1 Å². The van der Waals surface area contributed by atoms with Crippen LogP contribution in [-0.4, -0.2) is 34.2 Å². The van der Waals surface area contributed by atoms with Gasteiger partial charge in [-0.2, -0.15) is 21.8 Å². The van der Waals surface area contributed by atoms with E-state index < -0.39 is 5.66 Å². The summed E-state index contributed by atoms with van der Waals surface area (Å²) < 4.78 is 0.